The van der Waals surface area contributed by atoms with Crippen LogP contribution in [0.5, 0.6) is 0 Å². The molecule has 3 nitrogen and oxygen atoms in total. The van der Waals surface area contributed by atoms with Crippen molar-refractivity contribution in [2.75, 3.05) is 26.4 Å². The van der Waals surface area contributed by atoms with Gasteiger partial charge < -0.3 is 15.2 Å². The maximum absolute atomic E-state index is 5.41. The molecule has 0 rings (SSSR count). The molecule has 86 valence electrons. The number of hydrogen-bond acceptors (Lipinski definition) is 3. The van der Waals surface area contributed by atoms with Gasteiger partial charge in [-0.1, -0.05) is 12.8 Å². The minimum atomic E-state index is 0.308. The minimum absolute atomic E-state index is 0.308. The Morgan fingerprint density at radius 3 is 2.29 bits per heavy atom. The van der Waals surface area contributed by atoms with Crippen molar-refractivity contribution in [2.24, 2.45) is 5.73 Å². The molecule has 0 aromatic heterocycles. The molecule has 0 radical (unpaired) electrons. The standard InChI is InChI=1S/C11H25NO2/c1-11(2)14-10-9-13-8-6-4-3-5-7-12/h11H,3-10,12H2,1-2H3. The van der Waals surface area contributed by atoms with Crippen LogP contribution in [0.15, 0.2) is 0 Å². The third kappa shape index (κ3) is 11.9. The fourth-order valence-electron chi connectivity index (χ4n) is 1.15. The third-order valence-corrected chi connectivity index (χ3v) is 1.92. The Labute approximate surface area is 88.0 Å². The van der Waals surface area contributed by atoms with Gasteiger partial charge in [0.1, 0.15) is 0 Å². The maximum Gasteiger partial charge on any atom is 0.0703 e. The van der Waals surface area contributed by atoms with Crippen LogP contribution in [0.3, 0.4) is 0 Å². The highest BCUT2D eigenvalue weighted by Crippen LogP contribution is 1.98. The van der Waals surface area contributed by atoms with Gasteiger partial charge in [-0.05, 0) is 33.2 Å². The predicted molar refractivity (Wildman–Crippen MR) is 59.4 cm³/mol. The molecular formula is C11H25NO2. The summed E-state index contributed by atoms with van der Waals surface area (Å²) in [4.78, 5) is 0. The van der Waals surface area contributed by atoms with Crippen molar-refractivity contribution in [1.82, 2.24) is 0 Å². The molecule has 0 heterocycles. The largest absolute Gasteiger partial charge is 0.379 e. The van der Waals surface area contributed by atoms with Gasteiger partial charge in [-0.25, -0.2) is 0 Å². The summed E-state index contributed by atoms with van der Waals surface area (Å²) < 4.78 is 10.8. The molecule has 0 saturated heterocycles. The van der Waals surface area contributed by atoms with Gasteiger partial charge in [-0.15, -0.1) is 0 Å². The summed E-state index contributed by atoms with van der Waals surface area (Å²) in [5.74, 6) is 0. The van der Waals surface area contributed by atoms with Crippen molar-refractivity contribution in [3.05, 3.63) is 0 Å². The van der Waals surface area contributed by atoms with Crippen molar-refractivity contribution in [3.8, 4) is 0 Å². The topological polar surface area (TPSA) is 44.5 Å². The Hall–Kier alpha value is -0.120. The first-order chi connectivity index (χ1) is 6.77. The summed E-state index contributed by atoms with van der Waals surface area (Å²) in [7, 11) is 0. The van der Waals surface area contributed by atoms with Crippen molar-refractivity contribution >= 4 is 0 Å². The molecule has 0 aliphatic heterocycles. The summed E-state index contributed by atoms with van der Waals surface area (Å²) in [5, 5.41) is 0. The molecule has 0 aliphatic rings. The first-order valence-electron chi connectivity index (χ1n) is 5.66. The lowest BCUT2D eigenvalue weighted by Gasteiger charge is -2.07. The van der Waals surface area contributed by atoms with Crippen LogP contribution >= 0.6 is 0 Å². The molecular weight excluding hydrogens is 178 g/mol. The molecule has 0 bridgehead atoms. The van der Waals surface area contributed by atoms with Crippen LogP contribution in [0.4, 0.5) is 0 Å². The van der Waals surface area contributed by atoms with Crippen LogP contribution in [0, 0.1) is 0 Å². The zero-order valence-electron chi connectivity index (χ0n) is 9.63. The smallest absolute Gasteiger partial charge is 0.0703 e. The van der Waals surface area contributed by atoms with Gasteiger partial charge in [0.25, 0.3) is 0 Å². The average molecular weight is 203 g/mol. The Morgan fingerprint density at radius 1 is 0.929 bits per heavy atom. The van der Waals surface area contributed by atoms with E-state index in [2.05, 4.69) is 0 Å². The van der Waals surface area contributed by atoms with E-state index in [4.69, 9.17) is 15.2 Å². The number of hydrogen-bond donors (Lipinski definition) is 1. The third-order valence-electron chi connectivity index (χ3n) is 1.92. The summed E-state index contributed by atoms with van der Waals surface area (Å²) in [6, 6.07) is 0. The van der Waals surface area contributed by atoms with Crippen LogP contribution in [0.25, 0.3) is 0 Å². The second-order valence-electron chi connectivity index (χ2n) is 3.73. The van der Waals surface area contributed by atoms with Gasteiger partial charge >= 0.3 is 0 Å². The van der Waals surface area contributed by atoms with E-state index in [-0.39, 0.29) is 0 Å². The van der Waals surface area contributed by atoms with Crippen molar-refractivity contribution < 1.29 is 9.47 Å². The molecule has 3 heteroatoms. The molecule has 0 atom stereocenters. The van der Waals surface area contributed by atoms with Gasteiger partial charge in [0, 0.05) is 6.61 Å². The number of nitrogens with two attached hydrogens (primary N) is 1. The Kier molecular flexibility index (Phi) is 10.9. The highest BCUT2D eigenvalue weighted by Gasteiger charge is 1.93. The van der Waals surface area contributed by atoms with E-state index in [0.717, 1.165) is 32.6 Å². The summed E-state index contributed by atoms with van der Waals surface area (Å²) in [6.45, 7) is 7.16. The fourth-order valence-corrected chi connectivity index (χ4v) is 1.15. The highest BCUT2D eigenvalue weighted by molar-refractivity contribution is 4.43. The summed E-state index contributed by atoms with van der Waals surface area (Å²) >= 11 is 0. The second kappa shape index (κ2) is 11.0. The Morgan fingerprint density at radius 2 is 1.64 bits per heavy atom. The molecule has 0 aromatic carbocycles. The normalized spacial score (nSPS) is 11.1. The van der Waals surface area contributed by atoms with Crippen molar-refractivity contribution in [1.29, 1.82) is 0 Å². The lowest BCUT2D eigenvalue weighted by atomic mass is 10.2. The SMILES string of the molecule is CC(C)OCCOCCCCCCN. The van der Waals surface area contributed by atoms with E-state index in [0.29, 0.717) is 12.7 Å². The quantitative estimate of drug-likeness (QED) is 0.552. The molecule has 0 amide bonds. The van der Waals surface area contributed by atoms with Gasteiger partial charge in [0.2, 0.25) is 0 Å². The van der Waals surface area contributed by atoms with Crippen LogP contribution < -0.4 is 5.73 Å². The average Bonchev–Trinajstić information content (AvgIpc) is 2.15. The zero-order chi connectivity index (χ0) is 10.6. The van der Waals surface area contributed by atoms with E-state index in [1.165, 1.54) is 12.8 Å². The zero-order valence-corrected chi connectivity index (χ0v) is 9.63. The van der Waals surface area contributed by atoms with Crippen molar-refractivity contribution in [3.63, 3.8) is 0 Å². The summed E-state index contributed by atoms with van der Waals surface area (Å²) in [5.41, 5.74) is 5.39. The van der Waals surface area contributed by atoms with E-state index in [1.54, 1.807) is 0 Å². The first kappa shape index (κ1) is 13.9. The van der Waals surface area contributed by atoms with Crippen LogP contribution in [-0.2, 0) is 9.47 Å². The van der Waals surface area contributed by atoms with Gasteiger partial charge in [-0.3, -0.25) is 0 Å². The molecule has 14 heavy (non-hydrogen) atoms. The van der Waals surface area contributed by atoms with Gasteiger partial charge in [-0.2, -0.15) is 0 Å². The Bertz CT molecular complexity index is 107. The minimum Gasteiger partial charge on any atom is -0.379 e. The molecule has 0 fully saturated rings. The van der Waals surface area contributed by atoms with E-state index < -0.39 is 0 Å². The van der Waals surface area contributed by atoms with Crippen LogP contribution in [0.1, 0.15) is 39.5 Å². The lowest BCUT2D eigenvalue weighted by Crippen LogP contribution is -2.10. The second-order valence-corrected chi connectivity index (χ2v) is 3.73. The predicted octanol–water partition coefficient (Wildman–Crippen LogP) is 1.95. The highest BCUT2D eigenvalue weighted by atomic mass is 16.5. The van der Waals surface area contributed by atoms with Crippen LogP contribution in [-0.4, -0.2) is 32.5 Å². The van der Waals surface area contributed by atoms with Crippen molar-refractivity contribution in [2.45, 2.75) is 45.6 Å². The molecule has 0 saturated carbocycles. The lowest BCUT2D eigenvalue weighted by molar-refractivity contribution is 0.0186. The molecule has 0 aliphatic carbocycles. The maximum atomic E-state index is 5.41. The van der Waals surface area contributed by atoms with Crippen LogP contribution in [0.2, 0.25) is 0 Å². The van der Waals surface area contributed by atoms with Gasteiger partial charge in [0.05, 0.1) is 19.3 Å². The monoisotopic (exact) mass is 203 g/mol. The van der Waals surface area contributed by atoms with Gasteiger partial charge in [0.15, 0.2) is 0 Å². The first-order valence-corrected chi connectivity index (χ1v) is 5.66. The molecule has 0 spiro atoms. The molecule has 2 N–H and O–H groups in total. The summed E-state index contributed by atoms with van der Waals surface area (Å²) in [6.07, 6.45) is 5.03. The molecule has 0 unspecified atom stereocenters. The van der Waals surface area contributed by atoms with E-state index in [9.17, 15) is 0 Å². The number of rotatable bonds is 10. The van der Waals surface area contributed by atoms with E-state index in [1.807, 2.05) is 13.8 Å². The number of ether oxygens (including phenoxy) is 2. The number of unbranched alkanes of at least 4 members (excludes halogenated alkanes) is 3. The van der Waals surface area contributed by atoms with E-state index >= 15 is 0 Å². The Balaban J connectivity index is 2.85. The molecule has 0 aromatic rings. The fraction of sp³-hybridized carbons (Fsp3) is 1.00.